The first-order chi connectivity index (χ1) is 10.0. The predicted octanol–water partition coefficient (Wildman–Crippen LogP) is 2.21. The number of rotatable bonds is 4. The Morgan fingerprint density at radius 1 is 1.00 bits per heavy atom. The average Bonchev–Trinajstić information content (AvgIpc) is 2.49. The van der Waals surface area contributed by atoms with Gasteiger partial charge in [-0.3, -0.25) is 20.2 Å². The normalized spacial score (nSPS) is 11.1. The third kappa shape index (κ3) is 2.84. The van der Waals surface area contributed by atoms with Gasteiger partial charge in [-0.25, -0.2) is 0 Å². The summed E-state index contributed by atoms with van der Waals surface area (Å²) in [4.78, 5) is 20.5. The van der Waals surface area contributed by atoms with Crippen LogP contribution in [0.15, 0.2) is 53.6 Å². The highest BCUT2D eigenvalue weighted by molar-refractivity contribution is 6.15. The molecule has 0 fully saturated rings. The van der Waals surface area contributed by atoms with Gasteiger partial charge in [0.1, 0.15) is 5.71 Å². The van der Waals surface area contributed by atoms with Crippen molar-refractivity contribution in [2.75, 3.05) is 0 Å². The molecule has 0 atom stereocenters. The summed E-state index contributed by atoms with van der Waals surface area (Å²) in [5.74, 6) is 5.34. The lowest BCUT2D eigenvalue weighted by Gasteiger charge is -2.06. The van der Waals surface area contributed by atoms with Gasteiger partial charge in [-0.05, 0) is 6.07 Å². The van der Waals surface area contributed by atoms with Gasteiger partial charge >= 0.3 is 0 Å². The van der Waals surface area contributed by atoms with Gasteiger partial charge in [0, 0.05) is 11.6 Å². The van der Waals surface area contributed by atoms with Gasteiger partial charge in [-0.2, -0.15) is 5.10 Å². The third-order valence-electron chi connectivity index (χ3n) is 2.82. The molecule has 2 aromatic rings. The summed E-state index contributed by atoms with van der Waals surface area (Å²) in [5.41, 5.74) is 0.112. The molecule has 0 aliphatic heterocycles. The smallest absolute Gasteiger partial charge is 0.285 e. The molecule has 0 saturated carbocycles. The largest absolute Gasteiger partial charge is 0.323 e. The molecule has 106 valence electrons. The van der Waals surface area contributed by atoms with Crippen molar-refractivity contribution >= 4 is 17.1 Å². The zero-order chi connectivity index (χ0) is 15.4. The van der Waals surface area contributed by atoms with E-state index in [1.807, 2.05) is 0 Å². The SMILES string of the molecule is N/N=C(/c1ccccc1)c1ccc([N+](=O)[O-])cc1[N+](=O)[O-]. The van der Waals surface area contributed by atoms with Crippen molar-refractivity contribution in [2.24, 2.45) is 10.9 Å². The second-order valence-corrected chi connectivity index (χ2v) is 4.06. The minimum absolute atomic E-state index is 0.124. The molecule has 0 aliphatic carbocycles. The second-order valence-electron chi connectivity index (χ2n) is 4.06. The van der Waals surface area contributed by atoms with Crippen molar-refractivity contribution in [3.8, 4) is 0 Å². The van der Waals surface area contributed by atoms with Crippen molar-refractivity contribution in [3.05, 3.63) is 79.9 Å². The van der Waals surface area contributed by atoms with Crippen molar-refractivity contribution < 1.29 is 9.85 Å². The Balaban J connectivity index is 2.62. The topological polar surface area (TPSA) is 125 Å². The maximum Gasteiger partial charge on any atom is 0.285 e. The first-order valence-electron chi connectivity index (χ1n) is 5.81. The van der Waals surface area contributed by atoms with Crippen LogP contribution in [0.1, 0.15) is 11.1 Å². The van der Waals surface area contributed by atoms with Crippen LogP contribution < -0.4 is 5.84 Å². The Kier molecular flexibility index (Phi) is 3.89. The molecule has 0 aliphatic rings. The van der Waals surface area contributed by atoms with Crippen LogP contribution in [0.3, 0.4) is 0 Å². The molecule has 2 rings (SSSR count). The standard InChI is InChI=1S/C13H10N4O4/c14-15-13(9-4-2-1-3-5-9)11-7-6-10(16(18)19)8-12(11)17(20)21/h1-8H,14H2/b15-13-. The number of nitro benzene ring substituents is 2. The van der Waals surface area contributed by atoms with Gasteiger partial charge in [-0.15, -0.1) is 0 Å². The lowest BCUT2D eigenvalue weighted by Crippen LogP contribution is -2.09. The lowest BCUT2D eigenvalue weighted by atomic mass is 10.0. The van der Waals surface area contributed by atoms with Crippen LogP contribution in [0.5, 0.6) is 0 Å². The molecular weight excluding hydrogens is 276 g/mol. The van der Waals surface area contributed by atoms with E-state index < -0.39 is 15.5 Å². The number of nitrogens with zero attached hydrogens (tertiary/aromatic N) is 3. The van der Waals surface area contributed by atoms with Crippen LogP contribution in [-0.2, 0) is 0 Å². The number of nitrogens with two attached hydrogens (primary N) is 1. The van der Waals surface area contributed by atoms with Crippen molar-refractivity contribution in [3.63, 3.8) is 0 Å². The number of nitro groups is 2. The molecule has 0 unspecified atom stereocenters. The summed E-state index contributed by atoms with van der Waals surface area (Å²) < 4.78 is 0. The first-order valence-corrected chi connectivity index (χ1v) is 5.81. The Hall–Kier alpha value is -3.29. The highest BCUT2D eigenvalue weighted by atomic mass is 16.6. The predicted molar refractivity (Wildman–Crippen MR) is 76.0 cm³/mol. The fourth-order valence-corrected chi connectivity index (χ4v) is 1.88. The average molecular weight is 286 g/mol. The molecule has 0 saturated heterocycles. The molecule has 21 heavy (non-hydrogen) atoms. The van der Waals surface area contributed by atoms with E-state index in [0.717, 1.165) is 6.07 Å². The molecule has 2 N–H and O–H groups in total. The summed E-state index contributed by atoms with van der Waals surface area (Å²) in [7, 11) is 0. The molecule has 0 aromatic heterocycles. The van der Waals surface area contributed by atoms with Crippen LogP contribution in [0.4, 0.5) is 11.4 Å². The summed E-state index contributed by atoms with van der Waals surface area (Å²) in [5, 5.41) is 25.4. The minimum atomic E-state index is -0.698. The van der Waals surface area contributed by atoms with Crippen LogP contribution in [-0.4, -0.2) is 15.6 Å². The fourth-order valence-electron chi connectivity index (χ4n) is 1.88. The molecule has 0 heterocycles. The third-order valence-corrected chi connectivity index (χ3v) is 2.82. The van der Waals surface area contributed by atoms with Gasteiger partial charge in [0.2, 0.25) is 0 Å². The zero-order valence-electron chi connectivity index (χ0n) is 10.7. The Morgan fingerprint density at radius 2 is 1.67 bits per heavy atom. The van der Waals surface area contributed by atoms with E-state index in [9.17, 15) is 20.2 Å². The summed E-state index contributed by atoms with van der Waals surface area (Å²) >= 11 is 0. The van der Waals surface area contributed by atoms with Crippen LogP contribution >= 0.6 is 0 Å². The first kappa shape index (κ1) is 14.1. The maximum absolute atomic E-state index is 11.1. The number of non-ortho nitro benzene ring substituents is 1. The van der Waals surface area contributed by atoms with Crippen molar-refractivity contribution in [1.82, 2.24) is 0 Å². The molecule has 0 spiro atoms. The minimum Gasteiger partial charge on any atom is -0.323 e. The van der Waals surface area contributed by atoms with Crippen LogP contribution in [0.2, 0.25) is 0 Å². The number of hydrogen-bond acceptors (Lipinski definition) is 6. The lowest BCUT2D eigenvalue weighted by molar-refractivity contribution is -0.394. The van der Waals surface area contributed by atoms with Gasteiger partial charge < -0.3 is 5.84 Å². The van der Waals surface area contributed by atoms with E-state index in [1.165, 1.54) is 12.1 Å². The Labute approximate surface area is 118 Å². The van der Waals surface area contributed by atoms with E-state index in [4.69, 9.17) is 5.84 Å². The maximum atomic E-state index is 11.1. The molecule has 0 bridgehead atoms. The molecule has 8 heteroatoms. The zero-order valence-corrected chi connectivity index (χ0v) is 10.7. The monoisotopic (exact) mass is 286 g/mol. The molecule has 8 nitrogen and oxygen atoms in total. The second kappa shape index (κ2) is 5.78. The summed E-state index contributed by atoms with van der Waals surface area (Å²) in [6.45, 7) is 0. The number of hydrogen-bond donors (Lipinski definition) is 1. The molecule has 0 amide bonds. The Bertz CT molecular complexity index is 728. The van der Waals surface area contributed by atoms with Crippen molar-refractivity contribution in [2.45, 2.75) is 0 Å². The van der Waals surface area contributed by atoms with E-state index in [-0.39, 0.29) is 17.0 Å². The quantitative estimate of drug-likeness (QED) is 0.399. The van der Waals surface area contributed by atoms with Gasteiger partial charge in [-0.1, -0.05) is 30.3 Å². The van der Waals surface area contributed by atoms with Crippen molar-refractivity contribution in [1.29, 1.82) is 0 Å². The van der Waals surface area contributed by atoms with E-state index >= 15 is 0 Å². The highest BCUT2D eigenvalue weighted by Crippen LogP contribution is 2.27. The molecular formula is C13H10N4O4. The number of benzene rings is 2. The van der Waals surface area contributed by atoms with E-state index in [2.05, 4.69) is 5.10 Å². The van der Waals surface area contributed by atoms with Gasteiger partial charge in [0.05, 0.1) is 21.5 Å². The van der Waals surface area contributed by atoms with Gasteiger partial charge in [0.15, 0.2) is 0 Å². The number of hydrazone groups is 1. The summed E-state index contributed by atoms with van der Waals surface area (Å²) in [6.07, 6.45) is 0. The van der Waals surface area contributed by atoms with E-state index in [1.54, 1.807) is 30.3 Å². The summed E-state index contributed by atoms with van der Waals surface area (Å²) in [6, 6.07) is 12.0. The highest BCUT2D eigenvalue weighted by Gasteiger charge is 2.23. The Morgan fingerprint density at radius 3 is 2.19 bits per heavy atom. The van der Waals surface area contributed by atoms with Crippen LogP contribution in [0, 0.1) is 20.2 Å². The van der Waals surface area contributed by atoms with Crippen LogP contribution in [0.25, 0.3) is 0 Å². The fraction of sp³-hybridized carbons (Fsp3) is 0. The molecule has 2 aromatic carbocycles. The van der Waals surface area contributed by atoms with Gasteiger partial charge in [0.25, 0.3) is 11.4 Å². The van der Waals surface area contributed by atoms with E-state index in [0.29, 0.717) is 5.56 Å². The molecule has 0 radical (unpaired) electrons.